The molecule has 3 unspecified atom stereocenters. The third-order valence-electron chi connectivity index (χ3n) is 2.33. The Hall–Kier alpha value is 1.42. The minimum Gasteiger partial charge on any atom is -0.756 e. The molecular formula is C7H11Na2O10P. The Morgan fingerprint density at radius 1 is 1.45 bits per heavy atom. The largest absolute Gasteiger partial charge is 1.00 e. The molecule has 4 N–H and O–H groups in total. The maximum Gasteiger partial charge on any atom is 1.00 e. The Morgan fingerprint density at radius 3 is 2.35 bits per heavy atom. The Bertz CT molecular complexity index is 375. The van der Waals surface area contributed by atoms with E-state index in [0.717, 1.165) is 0 Å². The van der Waals surface area contributed by atoms with Crippen LogP contribution in [0.15, 0.2) is 0 Å². The molecule has 5 atom stereocenters. The summed E-state index contributed by atoms with van der Waals surface area (Å²) in [5, 5.41) is 38.7. The molecule has 20 heavy (non-hydrogen) atoms. The summed E-state index contributed by atoms with van der Waals surface area (Å²) in [6.07, 6.45) is -5.93. The van der Waals surface area contributed by atoms with Crippen LogP contribution in [0.5, 0.6) is 0 Å². The maximum atomic E-state index is 10.6. The molecule has 0 aliphatic carbocycles. The summed E-state index contributed by atoms with van der Waals surface area (Å²) in [5.41, 5.74) is 0. The molecule has 0 aromatic heterocycles. The fourth-order valence-electron chi connectivity index (χ4n) is 1.45. The van der Waals surface area contributed by atoms with Crippen LogP contribution in [0.3, 0.4) is 0 Å². The van der Waals surface area contributed by atoms with Gasteiger partial charge in [0.25, 0.3) is 7.82 Å². The summed E-state index contributed by atoms with van der Waals surface area (Å²) in [7, 11) is -5.11. The number of phosphoric ester groups is 1. The van der Waals surface area contributed by atoms with Gasteiger partial charge in [0.05, 0.1) is 12.7 Å². The zero-order valence-electron chi connectivity index (χ0n) is 10.8. The predicted molar refractivity (Wildman–Crippen MR) is 47.2 cm³/mol. The molecular weight excluding hydrogens is 321 g/mol. The first-order valence-corrected chi connectivity index (χ1v) is 6.21. The monoisotopic (exact) mass is 332 g/mol. The van der Waals surface area contributed by atoms with E-state index in [2.05, 4.69) is 9.26 Å². The fourth-order valence-corrected chi connectivity index (χ4v) is 1.79. The first-order valence-electron chi connectivity index (χ1n) is 4.71. The van der Waals surface area contributed by atoms with Crippen LogP contribution >= 0.6 is 7.82 Å². The molecule has 0 aromatic carbocycles. The Morgan fingerprint density at radius 2 is 1.95 bits per heavy atom. The summed E-state index contributed by atoms with van der Waals surface area (Å²) >= 11 is 0. The minimum absolute atomic E-state index is 0. The molecule has 0 saturated carbocycles. The number of rotatable bonds is 4. The van der Waals surface area contributed by atoms with Gasteiger partial charge < -0.3 is 44.3 Å². The second kappa shape index (κ2) is 8.90. The molecule has 0 spiro atoms. The van der Waals surface area contributed by atoms with E-state index in [-0.39, 0.29) is 59.1 Å². The molecule has 0 radical (unpaired) electrons. The van der Waals surface area contributed by atoms with Gasteiger partial charge in [0.1, 0.15) is 18.2 Å². The number of aliphatic carboxylic acids is 1. The molecule has 13 heteroatoms. The van der Waals surface area contributed by atoms with Crippen LogP contribution in [-0.2, 0) is 18.6 Å². The Balaban J connectivity index is 0. The Kier molecular flexibility index (Phi) is 10.5. The number of carboxylic acids is 1. The molecule has 0 amide bonds. The number of ether oxygens (including phenoxy) is 1. The third-order valence-corrected chi connectivity index (χ3v) is 2.80. The first-order chi connectivity index (χ1) is 8.05. The number of carbonyl (C=O) groups excluding carboxylic acids is 1. The van der Waals surface area contributed by atoms with Crippen molar-refractivity contribution in [1.82, 2.24) is 0 Å². The molecule has 0 aromatic rings. The average Bonchev–Trinajstić information content (AvgIpc) is 2.20. The van der Waals surface area contributed by atoms with Crippen LogP contribution in [0.25, 0.3) is 0 Å². The predicted octanol–water partition coefficient (Wildman–Crippen LogP) is -10.6. The van der Waals surface area contributed by atoms with E-state index in [9.17, 15) is 34.7 Å². The topological polar surface area (TPSA) is 180 Å². The zero-order valence-corrected chi connectivity index (χ0v) is 15.7. The van der Waals surface area contributed by atoms with E-state index in [1.807, 2.05) is 0 Å². The van der Waals surface area contributed by atoms with Crippen molar-refractivity contribution in [3.8, 4) is 0 Å². The number of aliphatic hydroxyl groups is 3. The standard InChI is InChI=1S/C7H13O10P.2Na/c8-3-1-7(12,6(10)11)17-4(5(3)9)2-16-18(13,14)15;;/h3-5,8-9,12H,1-2H2,(H,10,11)(H2,13,14,15);;/q;2*+1/p-2/t3?,4?,5-,7+;;/m0../s1. The molecule has 1 heterocycles. The number of hydrogen-bond donors (Lipinski definition) is 4. The van der Waals surface area contributed by atoms with E-state index in [0.29, 0.717) is 0 Å². The van der Waals surface area contributed by atoms with Crippen LogP contribution in [0.2, 0.25) is 0 Å². The van der Waals surface area contributed by atoms with E-state index >= 15 is 0 Å². The SMILES string of the molecule is O=C([O-])[C@@]1(O)CC(O)[C@H](O)C(COP(=O)([O-])O)O1.[Na+].[Na+]. The van der Waals surface area contributed by atoms with E-state index in [1.54, 1.807) is 0 Å². The molecule has 1 saturated heterocycles. The summed E-state index contributed by atoms with van der Waals surface area (Å²) in [5.74, 6) is -4.94. The van der Waals surface area contributed by atoms with Gasteiger partial charge in [-0.15, -0.1) is 0 Å². The number of hydrogen-bond acceptors (Lipinski definition) is 9. The summed E-state index contributed by atoms with van der Waals surface area (Å²) in [6, 6.07) is 0. The second-order valence-corrected chi connectivity index (χ2v) is 4.95. The van der Waals surface area contributed by atoms with Crippen molar-refractivity contribution < 1.29 is 108 Å². The third kappa shape index (κ3) is 6.67. The van der Waals surface area contributed by atoms with Gasteiger partial charge in [0, 0.05) is 6.42 Å². The Labute approximate surface area is 157 Å². The van der Waals surface area contributed by atoms with Gasteiger partial charge in [0.15, 0.2) is 0 Å². The molecule has 1 rings (SSSR count). The maximum absolute atomic E-state index is 10.6. The summed E-state index contributed by atoms with van der Waals surface area (Å²) < 4.78 is 18.7. The second-order valence-electron chi connectivity index (χ2n) is 3.75. The number of carbonyl (C=O) groups is 1. The molecule has 1 aliphatic heterocycles. The van der Waals surface area contributed by atoms with Crippen LogP contribution in [0.1, 0.15) is 6.42 Å². The van der Waals surface area contributed by atoms with Crippen LogP contribution < -0.4 is 69.1 Å². The van der Waals surface area contributed by atoms with E-state index in [4.69, 9.17) is 4.89 Å². The fraction of sp³-hybridized carbons (Fsp3) is 0.857. The average molecular weight is 332 g/mol. The van der Waals surface area contributed by atoms with Gasteiger partial charge in [-0.2, -0.15) is 0 Å². The van der Waals surface area contributed by atoms with Crippen molar-refractivity contribution in [2.75, 3.05) is 6.61 Å². The normalized spacial score (nSPS) is 36.1. The van der Waals surface area contributed by atoms with Gasteiger partial charge in [0.2, 0.25) is 5.79 Å². The van der Waals surface area contributed by atoms with Gasteiger partial charge >= 0.3 is 59.1 Å². The van der Waals surface area contributed by atoms with Crippen molar-refractivity contribution in [2.24, 2.45) is 0 Å². The molecule has 1 aliphatic rings. The minimum atomic E-state index is -5.11. The van der Waals surface area contributed by atoms with Gasteiger partial charge in [-0.25, -0.2) is 0 Å². The number of carboxylic acid groups (broad SMARTS) is 1. The quantitative estimate of drug-likeness (QED) is 0.285. The van der Waals surface area contributed by atoms with Gasteiger partial charge in [-0.3, -0.25) is 4.57 Å². The van der Waals surface area contributed by atoms with Gasteiger partial charge in [-0.1, -0.05) is 0 Å². The number of aliphatic hydroxyl groups excluding tert-OH is 2. The van der Waals surface area contributed by atoms with Crippen molar-refractivity contribution in [3.05, 3.63) is 0 Å². The van der Waals surface area contributed by atoms with Crippen LogP contribution in [0.4, 0.5) is 0 Å². The van der Waals surface area contributed by atoms with Crippen LogP contribution in [-0.4, -0.2) is 56.9 Å². The van der Waals surface area contributed by atoms with Crippen molar-refractivity contribution in [3.63, 3.8) is 0 Å². The zero-order chi connectivity index (χ0) is 14.1. The summed E-state index contributed by atoms with van der Waals surface area (Å²) in [4.78, 5) is 29.2. The smallest absolute Gasteiger partial charge is 0.756 e. The first kappa shape index (κ1) is 23.7. The molecule has 106 valence electrons. The van der Waals surface area contributed by atoms with Gasteiger partial charge in [-0.05, 0) is 0 Å². The summed E-state index contributed by atoms with van der Waals surface area (Å²) in [6.45, 7) is -0.981. The van der Waals surface area contributed by atoms with Crippen molar-refractivity contribution in [1.29, 1.82) is 0 Å². The molecule has 0 bridgehead atoms. The van der Waals surface area contributed by atoms with Crippen molar-refractivity contribution in [2.45, 2.75) is 30.5 Å². The molecule has 10 nitrogen and oxygen atoms in total. The van der Waals surface area contributed by atoms with Crippen LogP contribution in [0, 0.1) is 0 Å². The number of phosphoric acid groups is 1. The molecule has 1 fully saturated rings. The van der Waals surface area contributed by atoms with E-state index in [1.165, 1.54) is 0 Å². The van der Waals surface area contributed by atoms with Crippen molar-refractivity contribution >= 4 is 13.8 Å². The van der Waals surface area contributed by atoms with E-state index < -0.39 is 50.9 Å².